The fourth-order valence-corrected chi connectivity index (χ4v) is 3.31. The van der Waals surface area contributed by atoms with Crippen LogP contribution in [0.15, 0.2) is 5.10 Å². The number of ether oxygens (including phenoxy) is 2. The summed E-state index contributed by atoms with van der Waals surface area (Å²) in [7, 11) is 1.31. The zero-order valence-corrected chi connectivity index (χ0v) is 15.1. The lowest BCUT2D eigenvalue weighted by Gasteiger charge is -2.29. The number of hydrogen-bond donors (Lipinski definition) is 2. The van der Waals surface area contributed by atoms with E-state index in [0.717, 1.165) is 36.5 Å². The molecule has 8 heteroatoms. The molecule has 0 spiro atoms. The van der Waals surface area contributed by atoms with Crippen LogP contribution in [-0.2, 0) is 9.47 Å². The van der Waals surface area contributed by atoms with Gasteiger partial charge in [-0.25, -0.2) is 15.0 Å². The summed E-state index contributed by atoms with van der Waals surface area (Å²) in [6, 6.07) is 0.138. The zero-order valence-electron chi connectivity index (χ0n) is 14.3. The molecule has 0 aromatic rings. The zero-order chi connectivity index (χ0) is 17.2. The van der Waals surface area contributed by atoms with Crippen molar-refractivity contribution in [1.82, 2.24) is 10.7 Å². The molecule has 132 valence electrons. The van der Waals surface area contributed by atoms with Crippen molar-refractivity contribution in [2.45, 2.75) is 58.6 Å². The Hall–Kier alpha value is -1.44. The molecule has 0 unspecified atom stereocenters. The van der Waals surface area contributed by atoms with Gasteiger partial charge in [-0.15, -0.1) is 11.8 Å². The van der Waals surface area contributed by atoms with E-state index in [1.54, 1.807) is 11.8 Å². The second-order valence-corrected chi connectivity index (χ2v) is 6.92. The van der Waals surface area contributed by atoms with Gasteiger partial charge >= 0.3 is 12.2 Å². The quantitative estimate of drug-likeness (QED) is 0.454. The lowest BCUT2D eigenvalue weighted by Crippen LogP contribution is -2.39. The maximum Gasteiger partial charge on any atom is 0.427 e. The molecule has 1 aliphatic carbocycles. The standard InChI is InChI=1S/C15H27N3O4S/c1-5-23-13(17-18-15(20)21-4)11-6-8-12(9-7-11)16-14(19)22-10(2)3/h10-12H,5-9H2,1-4H3,(H,16,19)(H,18,20)/b17-13-. The molecule has 1 saturated carbocycles. The van der Waals surface area contributed by atoms with E-state index >= 15 is 0 Å². The van der Waals surface area contributed by atoms with Crippen LogP contribution in [-0.4, -0.2) is 42.2 Å². The van der Waals surface area contributed by atoms with Gasteiger partial charge in [0, 0.05) is 12.0 Å². The Morgan fingerprint density at radius 1 is 1.22 bits per heavy atom. The van der Waals surface area contributed by atoms with Gasteiger partial charge in [-0.05, 0) is 45.3 Å². The predicted octanol–water partition coefficient (Wildman–Crippen LogP) is 3.10. The number of thioether (sulfide) groups is 1. The molecule has 7 nitrogen and oxygen atoms in total. The number of nitrogens with zero attached hydrogens (tertiary/aromatic N) is 1. The van der Waals surface area contributed by atoms with Crippen molar-refractivity contribution < 1.29 is 19.1 Å². The second kappa shape index (κ2) is 10.4. The van der Waals surface area contributed by atoms with E-state index in [2.05, 4.69) is 20.6 Å². The third-order valence-corrected chi connectivity index (χ3v) is 4.49. The number of nitrogens with one attached hydrogen (secondary N) is 2. The molecular formula is C15H27N3O4S. The summed E-state index contributed by atoms with van der Waals surface area (Å²) in [5, 5.41) is 8.00. The number of rotatable bonds is 5. The average Bonchev–Trinajstić information content (AvgIpc) is 2.51. The fourth-order valence-electron chi connectivity index (χ4n) is 2.44. The average molecular weight is 345 g/mol. The molecule has 0 bridgehead atoms. The SMILES string of the molecule is CCS/C(=N\NC(=O)OC)C1CCC(NC(=O)OC(C)C)CC1. The Bertz CT molecular complexity index is 421. The molecule has 2 amide bonds. The summed E-state index contributed by atoms with van der Waals surface area (Å²) < 4.78 is 9.63. The molecule has 0 aromatic carbocycles. The van der Waals surface area contributed by atoms with Gasteiger partial charge in [0.25, 0.3) is 0 Å². The molecule has 0 aliphatic heterocycles. The van der Waals surface area contributed by atoms with Crippen LogP contribution >= 0.6 is 11.8 Å². The van der Waals surface area contributed by atoms with Crippen LogP contribution in [0.25, 0.3) is 0 Å². The van der Waals surface area contributed by atoms with Crippen molar-refractivity contribution in [3.63, 3.8) is 0 Å². The molecule has 1 aliphatic rings. The van der Waals surface area contributed by atoms with Gasteiger partial charge in [0.15, 0.2) is 0 Å². The van der Waals surface area contributed by atoms with Gasteiger partial charge in [-0.3, -0.25) is 0 Å². The van der Waals surface area contributed by atoms with Crippen molar-refractivity contribution in [3.05, 3.63) is 0 Å². The van der Waals surface area contributed by atoms with Gasteiger partial charge < -0.3 is 14.8 Å². The molecule has 0 radical (unpaired) electrons. The highest BCUT2D eigenvalue weighted by Crippen LogP contribution is 2.29. The Balaban J connectivity index is 2.48. The van der Waals surface area contributed by atoms with Crippen molar-refractivity contribution in [3.8, 4) is 0 Å². The molecule has 0 heterocycles. The highest BCUT2D eigenvalue weighted by atomic mass is 32.2. The van der Waals surface area contributed by atoms with E-state index in [1.165, 1.54) is 7.11 Å². The number of alkyl carbamates (subject to hydrolysis) is 1. The summed E-state index contributed by atoms with van der Waals surface area (Å²) in [6.45, 7) is 5.71. The number of hydrogen-bond acceptors (Lipinski definition) is 6. The summed E-state index contributed by atoms with van der Waals surface area (Å²) in [4.78, 5) is 22.8. The van der Waals surface area contributed by atoms with Crippen molar-refractivity contribution >= 4 is 29.0 Å². The summed E-state index contributed by atoms with van der Waals surface area (Å²) >= 11 is 1.63. The van der Waals surface area contributed by atoms with Crippen LogP contribution in [0.2, 0.25) is 0 Å². The largest absolute Gasteiger partial charge is 0.452 e. The van der Waals surface area contributed by atoms with Crippen molar-refractivity contribution in [1.29, 1.82) is 0 Å². The van der Waals surface area contributed by atoms with E-state index < -0.39 is 6.09 Å². The Labute approximate surface area is 141 Å². The van der Waals surface area contributed by atoms with Gasteiger partial charge in [-0.1, -0.05) is 6.92 Å². The first-order valence-corrected chi connectivity index (χ1v) is 8.96. The third-order valence-electron chi connectivity index (χ3n) is 3.48. The molecular weight excluding hydrogens is 318 g/mol. The third kappa shape index (κ3) is 7.58. The lowest BCUT2D eigenvalue weighted by molar-refractivity contribution is 0.109. The topological polar surface area (TPSA) is 89.0 Å². The summed E-state index contributed by atoms with van der Waals surface area (Å²) in [5.74, 6) is 1.19. The van der Waals surface area contributed by atoms with Crippen LogP contribution in [0.4, 0.5) is 9.59 Å². The predicted molar refractivity (Wildman–Crippen MR) is 91.6 cm³/mol. The number of carbonyl (C=O) groups is 2. The van der Waals surface area contributed by atoms with Crippen LogP contribution in [0.1, 0.15) is 46.5 Å². The molecule has 1 rings (SSSR count). The normalized spacial score (nSPS) is 21.7. The minimum atomic E-state index is -0.564. The number of methoxy groups -OCH3 is 1. The van der Waals surface area contributed by atoms with Crippen LogP contribution < -0.4 is 10.7 Å². The van der Waals surface area contributed by atoms with Gasteiger partial charge in [-0.2, -0.15) is 5.10 Å². The Morgan fingerprint density at radius 3 is 2.39 bits per heavy atom. The smallest absolute Gasteiger partial charge is 0.427 e. The van der Waals surface area contributed by atoms with E-state index in [4.69, 9.17) is 4.74 Å². The number of carbonyl (C=O) groups excluding carboxylic acids is 2. The van der Waals surface area contributed by atoms with Gasteiger partial charge in [0.05, 0.1) is 18.3 Å². The summed E-state index contributed by atoms with van der Waals surface area (Å²) in [5.41, 5.74) is 2.40. The van der Waals surface area contributed by atoms with E-state index in [-0.39, 0.29) is 18.2 Å². The first-order valence-electron chi connectivity index (χ1n) is 7.97. The Kier molecular flexibility index (Phi) is 8.83. The monoisotopic (exact) mass is 345 g/mol. The first-order chi connectivity index (χ1) is 11.0. The molecule has 0 saturated heterocycles. The van der Waals surface area contributed by atoms with Crippen molar-refractivity contribution in [2.24, 2.45) is 11.0 Å². The molecule has 1 fully saturated rings. The van der Waals surface area contributed by atoms with E-state index in [1.807, 2.05) is 20.8 Å². The Morgan fingerprint density at radius 2 is 1.87 bits per heavy atom. The molecule has 0 aromatic heterocycles. The number of amides is 2. The summed E-state index contributed by atoms with van der Waals surface area (Å²) in [6.07, 6.45) is 2.55. The van der Waals surface area contributed by atoms with Gasteiger partial charge in [0.1, 0.15) is 0 Å². The van der Waals surface area contributed by atoms with E-state index in [0.29, 0.717) is 5.92 Å². The van der Waals surface area contributed by atoms with Gasteiger partial charge in [0.2, 0.25) is 0 Å². The first kappa shape index (κ1) is 19.6. The molecule has 2 N–H and O–H groups in total. The maximum absolute atomic E-state index is 11.6. The van der Waals surface area contributed by atoms with Crippen LogP contribution in [0.5, 0.6) is 0 Å². The van der Waals surface area contributed by atoms with Crippen molar-refractivity contribution in [2.75, 3.05) is 12.9 Å². The fraction of sp³-hybridized carbons (Fsp3) is 0.800. The second-order valence-electron chi connectivity index (χ2n) is 5.63. The highest BCUT2D eigenvalue weighted by Gasteiger charge is 2.26. The van der Waals surface area contributed by atoms with Crippen LogP contribution in [0.3, 0.4) is 0 Å². The number of hydrazone groups is 1. The van der Waals surface area contributed by atoms with E-state index in [9.17, 15) is 9.59 Å². The maximum atomic E-state index is 11.6. The minimum Gasteiger partial charge on any atom is -0.452 e. The highest BCUT2D eigenvalue weighted by molar-refractivity contribution is 8.13. The minimum absolute atomic E-state index is 0.115. The lowest BCUT2D eigenvalue weighted by atomic mass is 9.86. The molecule has 0 atom stereocenters. The molecule has 23 heavy (non-hydrogen) atoms. The van der Waals surface area contributed by atoms with Crippen LogP contribution in [0, 0.1) is 5.92 Å².